The van der Waals surface area contributed by atoms with Crippen molar-refractivity contribution in [2.75, 3.05) is 6.54 Å². The van der Waals surface area contributed by atoms with Gasteiger partial charge in [-0.3, -0.25) is 4.79 Å². The van der Waals surface area contributed by atoms with Gasteiger partial charge in [0, 0.05) is 18.5 Å². The molecule has 0 spiro atoms. The predicted molar refractivity (Wildman–Crippen MR) is 110 cm³/mol. The van der Waals surface area contributed by atoms with E-state index in [1.807, 2.05) is 12.1 Å². The summed E-state index contributed by atoms with van der Waals surface area (Å²) < 4.78 is 10.7. The van der Waals surface area contributed by atoms with Gasteiger partial charge < -0.3 is 20.0 Å². The second kappa shape index (κ2) is 7.78. The van der Waals surface area contributed by atoms with Crippen molar-refractivity contribution >= 4 is 34.4 Å². The summed E-state index contributed by atoms with van der Waals surface area (Å²) in [4.78, 5) is 22.0. The zero-order chi connectivity index (χ0) is 19.6. The number of aryl methyl sites for hydroxylation is 2. The number of hydrogen-bond donors (Lipinski definition) is 3. The second-order valence-corrected chi connectivity index (χ2v) is 7.13. The van der Waals surface area contributed by atoms with Crippen molar-refractivity contribution in [2.45, 2.75) is 32.1 Å². The lowest BCUT2D eigenvalue weighted by molar-refractivity contribution is 0.0883. The fourth-order valence-electron chi connectivity index (χ4n) is 3.29. The molecule has 4 N–H and O–H groups in total. The highest BCUT2D eigenvalue weighted by Gasteiger charge is 2.39. The minimum Gasteiger partial charge on any atom is -0.463 e. The molecule has 0 saturated carbocycles. The Hall–Kier alpha value is -2.62. The van der Waals surface area contributed by atoms with Gasteiger partial charge in [0.1, 0.15) is 5.82 Å². The molecule has 8 nitrogen and oxygen atoms in total. The monoisotopic (exact) mass is 398 g/mol. The van der Waals surface area contributed by atoms with Gasteiger partial charge in [0.25, 0.3) is 11.7 Å². The number of rotatable bonds is 7. The first-order valence-electron chi connectivity index (χ1n) is 9.19. The SMILES string of the molecule is CCc1nc2cc(C(=O)NC3(c4ccco4)N=CSN3)ccc2n1CCCN. The molecule has 0 radical (unpaired) electrons. The number of nitrogens with one attached hydrogen (secondary N) is 2. The maximum absolute atomic E-state index is 13.0. The maximum atomic E-state index is 13.0. The number of carbonyl (C=O) groups excluding carboxylic acids is 1. The van der Waals surface area contributed by atoms with Gasteiger partial charge in [0.05, 0.1) is 22.8 Å². The summed E-state index contributed by atoms with van der Waals surface area (Å²) >= 11 is 1.29. The summed E-state index contributed by atoms with van der Waals surface area (Å²) in [7, 11) is 0. The first-order valence-corrected chi connectivity index (χ1v) is 10.1. The number of nitrogens with zero attached hydrogens (tertiary/aromatic N) is 3. The molecule has 1 unspecified atom stereocenters. The molecule has 3 aromatic rings. The standard InChI is InChI=1S/C19H22N6O2S/c1-2-17-22-14-11-13(6-7-15(14)25(17)9-4-8-20)18(26)23-19(21-12-28-24-19)16-5-3-10-27-16/h3,5-7,10-12,24H,2,4,8-9,20H2,1H3,(H,23,26). The van der Waals surface area contributed by atoms with E-state index >= 15 is 0 Å². The van der Waals surface area contributed by atoms with Crippen molar-refractivity contribution in [1.29, 1.82) is 0 Å². The molecule has 2 aromatic heterocycles. The van der Waals surface area contributed by atoms with Crippen LogP contribution in [0, 0.1) is 0 Å². The van der Waals surface area contributed by atoms with Crippen molar-refractivity contribution in [2.24, 2.45) is 10.7 Å². The van der Waals surface area contributed by atoms with Gasteiger partial charge in [-0.1, -0.05) is 6.92 Å². The van der Waals surface area contributed by atoms with Gasteiger partial charge in [-0.25, -0.2) is 14.7 Å². The quantitative estimate of drug-likeness (QED) is 0.527. The minimum absolute atomic E-state index is 0.264. The molecule has 146 valence electrons. The highest BCUT2D eigenvalue weighted by molar-refractivity contribution is 8.10. The zero-order valence-electron chi connectivity index (χ0n) is 15.5. The predicted octanol–water partition coefficient (Wildman–Crippen LogP) is 2.36. The highest BCUT2D eigenvalue weighted by atomic mass is 32.2. The van der Waals surface area contributed by atoms with Crippen LogP contribution in [0.2, 0.25) is 0 Å². The maximum Gasteiger partial charge on any atom is 0.257 e. The Morgan fingerprint density at radius 3 is 3.00 bits per heavy atom. The number of fused-ring (bicyclic) bond motifs is 1. The number of amides is 1. The fraction of sp³-hybridized carbons (Fsp3) is 0.316. The Morgan fingerprint density at radius 2 is 2.32 bits per heavy atom. The van der Waals surface area contributed by atoms with E-state index in [4.69, 9.17) is 15.1 Å². The first-order chi connectivity index (χ1) is 13.7. The molecule has 28 heavy (non-hydrogen) atoms. The summed E-state index contributed by atoms with van der Waals surface area (Å²) in [5.41, 5.74) is 9.62. The van der Waals surface area contributed by atoms with E-state index in [9.17, 15) is 4.79 Å². The number of carbonyl (C=O) groups is 1. The van der Waals surface area contributed by atoms with Crippen LogP contribution < -0.4 is 15.8 Å². The van der Waals surface area contributed by atoms with E-state index in [-0.39, 0.29) is 5.91 Å². The van der Waals surface area contributed by atoms with Crippen LogP contribution in [-0.4, -0.2) is 27.5 Å². The van der Waals surface area contributed by atoms with Crippen LogP contribution in [0.4, 0.5) is 0 Å². The number of aromatic nitrogens is 2. The highest BCUT2D eigenvalue weighted by Crippen LogP contribution is 2.28. The van der Waals surface area contributed by atoms with Crippen molar-refractivity contribution in [1.82, 2.24) is 19.6 Å². The Kier molecular flexibility index (Phi) is 5.21. The molecule has 1 amide bonds. The van der Waals surface area contributed by atoms with Gasteiger partial charge in [-0.2, -0.15) is 0 Å². The summed E-state index contributed by atoms with van der Waals surface area (Å²) in [6, 6.07) is 9.08. The third-order valence-electron chi connectivity index (χ3n) is 4.67. The van der Waals surface area contributed by atoms with Crippen molar-refractivity contribution < 1.29 is 9.21 Å². The molecular weight excluding hydrogens is 376 g/mol. The van der Waals surface area contributed by atoms with Crippen molar-refractivity contribution in [3.05, 3.63) is 53.7 Å². The lowest BCUT2D eigenvalue weighted by Gasteiger charge is -2.24. The van der Waals surface area contributed by atoms with Crippen LogP contribution in [0.25, 0.3) is 11.0 Å². The van der Waals surface area contributed by atoms with E-state index in [1.165, 1.54) is 11.9 Å². The molecule has 0 aliphatic carbocycles. The van der Waals surface area contributed by atoms with Crippen LogP contribution >= 0.6 is 11.9 Å². The topological polar surface area (TPSA) is 110 Å². The van der Waals surface area contributed by atoms with Crippen LogP contribution in [0.15, 0.2) is 46.0 Å². The average Bonchev–Trinajstić information content (AvgIpc) is 3.45. The number of imidazole rings is 1. The molecule has 0 fully saturated rings. The van der Waals surface area contributed by atoms with Crippen LogP contribution in [0.3, 0.4) is 0 Å². The molecule has 1 aliphatic rings. The number of furan rings is 1. The molecule has 1 aromatic carbocycles. The van der Waals surface area contributed by atoms with E-state index in [0.29, 0.717) is 17.9 Å². The normalized spacial score (nSPS) is 18.8. The summed E-state index contributed by atoms with van der Waals surface area (Å²) in [6.45, 7) is 3.52. The number of hydrogen-bond acceptors (Lipinski definition) is 7. The summed E-state index contributed by atoms with van der Waals surface area (Å²) in [6.07, 6.45) is 3.25. The number of nitrogens with two attached hydrogens (primary N) is 1. The van der Waals surface area contributed by atoms with E-state index in [2.05, 4.69) is 26.5 Å². The molecule has 9 heteroatoms. The molecule has 0 saturated heterocycles. The van der Waals surface area contributed by atoms with Crippen LogP contribution in [-0.2, 0) is 18.8 Å². The smallest absolute Gasteiger partial charge is 0.257 e. The van der Waals surface area contributed by atoms with Gasteiger partial charge >= 0.3 is 0 Å². The molecule has 1 aliphatic heterocycles. The van der Waals surface area contributed by atoms with Gasteiger partial charge in [0.15, 0.2) is 5.76 Å². The third-order valence-corrected chi connectivity index (χ3v) is 5.29. The van der Waals surface area contributed by atoms with Crippen LogP contribution in [0.5, 0.6) is 0 Å². The molecule has 1 atom stereocenters. The zero-order valence-corrected chi connectivity index (χ0v) is 16.3. The number of benzene rings is 1. The molecular formula is C19H22N6O2S. The Labute approximate surface area is 166 Å². The number of aliphatic imine (C=N–C) groups is 1. The lowest BCUT2D eigenvalue weighted by Crippen LogP contribution is -2.50. The summed E-state index contributed by atoms with van der Waals surface area (Å²) in [5.74, 6) is 0.129. The Morgan fingerprint density at radius 1 is 1.43 bits per heavy atom. The molecule has 4 rings (SSSR count). The first kappa shape index (κ1) is 18.7. The lowest BCUT2D eigenvalue weighted by atomic mass is 10.1. The van der Waals surface area contributed by atoms with Gasteiger partial charge in [-0.15, -0.1) is 0 Å². The molecule has 3 heterocycles. The second-order valence-electron chi connectivity index (χ2n) is 6.48. The van der Waals surface area contributed by atoms with Crippen LogP contribution in [0.1, 0.15) is 35.3 Å². The average molecular weight is 398 g/mol. The Bertz CT molecular complexity index is 1010. The fourth-order valence-corrected chi connectivity index (χ4v) is 3.93. The van der Waals surface area contributed by atoms with E-state index in [0.717, 1.165) is 36.2 Å². The van der Waals surface area contributed by atoms with E-state index < -0.39 is 5.79 Å². The van der Waals surface area contributed by atoms with Crippen molar-refractivity contribution in [3.63, 3.8) is 0 Å². The summed E-state index contributed by atoms with van der Waals surface area (Å²) in [5, 5.41) is 2.93. The van der Waals surface area contributed by atoms with Crippen molar-refractivity contribution in [3.8, 4) is 0 Å². The van der Waals surface area contributed by atoms with Gasteiger partial charge in [-0.05, 0) is 55.2 Å². The van der Waals surface area contributed by atoms with Gasteiger partial charge in [0.2, 0.25) is 0 Å². The molecule has 0 bridgehead atoms. The third kappa shape index (κ3) is 3.32. The van der Waals surface area contributed by atoms with E-state index in [1.54, 1.807) is 30.0 Å². The minimum atomic E-state index is -1.12. The Balaban J connectivity index is 1.63. The largest absolute Gasteiger partial charge is 0.463 e.